The second kappa shape index (κ2) is 6.01. The normalized spacial score (nSPS) is 27.5. The lowest BCUT2D eigenvalue weighted by Crippen LogP contribution is -2.33. The van der Waals surface area contributed by atoms with E-state index >= 15 is 0 Å². The Labute approximate surface area is 131 Å². The molecule has 0 spiro atoms. The second-order valence-electron chi connectivity index (χ2n) is 5.79. The average molecular weight is 325 g/mol. The summed E-state index contributed by atoms with van der Waals surface area (Å²) in [5, 5.41) is -0.809. The van der Waals surface area contributed by atoms with Crippen molar-refractivity contribution in [2.24, 2.45) is 11.1 Å². The van der Waals surface area contributed by atoms with Crippen LogP contribution in [0, 0.1) is 5.41 Å². The van der Waals surface area contributed by atoms with Crippen molar-refractivity contribution in [2.75, 3.05) is 19.4 Å². The molecule has 0 heterocycles. The number of aryl methyl sites for hydroxylation is 1. The number of carbonyl (C=O) groups excluding carboxylic acids is 1. The molecule has 0 aromatic heterocycles. The van der Waals surface area contributed by atoms with Crippen LogP contribution in [0.25, 0.3) is 0 Å². The molecule has 0 saturated heterocycles. The first-order valence-electron chi connectivity index (χ1n) is 7.47. The molecule has 0 radical (unpaired) electrons. The van der Waals surface area contributed by atoms with Gasteiger partial charge in [-0.3, -0.25) is 4.79 Å². The maximum absolute atomic E-state index is 12.4. The Morgan fingerprint density at radius 2 is 1.86 bits per heavy atom. The van der Waals surface area contributed by atoms with Crippen molar-refractivity contribution >= 4 is 15.8 Å². The molecule has 1 saturated carbocycles. The summed E-state index contributed by atoms with van der Waals surface area (Å²) in [4.78, 5) is 12.4. The summed E-state index contributed by atoms with van der Waals surface area (Å²) in [6.07, 6.45) is 2.06. The third kappa shape index (κ3) is 2.65. The van der Waals surface area contributed by atoms with Gasteiger partial charge in [-0.1, -0.05) is 31.2 Å². The third-order valence-corrected chi connectivity index (χ3v) is 6.07. The summed E-state index contributed by atoms with van der Waals surface area (Å²) in [6.45, 7) is 3.92. The third-order valence-electron chi connectivity index (χ3n) is 4.46. The smallest absolute Gasteiger partial charge is 0.315 e. The monoisotopic (exact) mass is 325 g/mol. The van der Waals surface area contributed by atoms with Crippen molar-refractivity contribution in [3.8, 4) is 0 Å². The first kappa shape index (κ1) is 17.0. The first-order valence-corrected chi connectivity index (χ1v) is 9.43. The van der Waals surface area contributed by atoms with Gasteiger partial charge in [-0.05, 0) is 24.5 Å². The number of sulfone groups is 1. The van der Waals surface area contributed by atoms with Crippen molar-refractivity contribution in [1.29, 1.82) is 0 Å². The molecular weight excluding hydrogens is 302 g/mol. The van der Waals surface area contributed by atoms with Crippen LogP contribution in [0.15, 0.2) is 24.3 Å². The fraction of sp³-hybridized carbons (Fsp3) is 0.562. The first-order chi connectivity index (χ1) is 10.3. The number of esters is 1. The van der Waals surface area contributed by atoms with Gasteiger partial charge in [0.1, 0.15) is 5.41 Å². The highest BCUT2D eigenvalue weighted by Gasteiger charge is 2.74. The molecule has 6 heteroatoms. The molecule has 0 aliphatic heterocycles. The fourth-order valence-corrected chi connectivity index (χ4v) is 5.22. The molecular formula is C16H23NO4S. The lowest BCUT2D eigenvalue weighted by atomic mass is 9.98. The van der Waals surface area contributed by atoms with Gasteiger partial charge in [0, 0.05) is 18.7 Å². The zero-order chi connectivity index (χ0) is 16.5. The Balaban J connectivity index is 2.44. The maximum Gasteiger partial charge on any atom is 0.315 e. The van der Waals surface area contributed by atoms with Gasteiger partial charge in [-0.25, -0.2) is 8.42 Å². The predicted octanol–water partition coefficient (Wildman–Crippen LogP) is 1.27. The molecule has 2 N–H and O–H groups in total. The second-order valence-corrected chi connectivity index (χ2v) is 7.95. The molecule has 1 aliphatic carbocycles. The SMILES string of the molecule is CCOC(=O)C1(CN)C(c2ccc(CC)cc2)C1S(C)(=O)=O. The van der Waals surface area contributed by atoms with Crippen molar-refractivity contribution < 1.29 is 17.9 Å². The number of nitrogens with two attached hydrogens (primary N) is 1. The van der Waals surface area contributed by atoms with Crippen LogP contribution in [-0.2, 0) is 25.8 Å². The largest absolute Gasteiger partial charge is 0.465 e. The van der Waals surface area contributed by atoms with Crippen LogP contribution < -0.4 is 5.73 Å². The number of rotatable bonds is 6. The van der Waals surface area contributed by atoms with Crippen LogP contribution in [0.4, 0.5) is 0 Å². The summed E-state index contributed by atoms with van der Waals surface area (Å²) in [7, 11) is -3.41. The van der Waals surface area contributed by atoms with E-state index in [2.05, 4.69) is 0 Å². The molecule has 1 aromatic carbocycles. The lowest BCUT2D eigenvalue weighted by Gasteiger charge is -2.14. The Kier molecular flexibility index (Phi) is 4.63. The van der Waals surface area contributed by atoms with Crippen molar-refractivity contribution in [3.05, 3.63) is 35.4 Å². The molecule has 122 valence electrons. The minimum atomic E-state index is -3.41. The van der Waals surface area contributed by atoms with Gasteiger partial charge in [-0.15, -0.1) is 0 Å². The highest BCUT2D eigenvalue weighted by molar-refractivity contribution is 7.91. The van der Waals surface area contributed by atoms with Gasteiger partial charge in [0.25, 0.3) is 0 Å². The fourth-order valence-electron chi connectivity index (χ4n) is 3.30. The van der Waals surface area contributed by atoms with E-state index in [-0.39, 0.29) is 13.2 Å². The standard InChI is InChI=1S/C16H23NO4S/c1-4-11-6-8-12(9-7-11)13-14(22(3,19)20)16(13,10-17)15(18)21-5-2/h6-9,13-14H,4-5,10,17H2,1-3H3. The van der Waals surface area contributed by atoms with E-state index in [1.165, 1.54) is 0 Å². The van der Waals surface area contributed by atoms with E-state index in [1.807, 2.05) is 31.2 Å². The van der Waals surface area contributed by atoms with Crippen LogP contribution >= 0.6 is 0 Å². The van der Waals surface area contributed by atoms with Crippen molar-refractivity contribution in [2.45, 2.75) is 31.4 Å². The molecule has 0 bridgehead atoms. The van der Waals surface area contributed by atoms with Crippen molar-refractivity contribution in [1.82, 2.24) is 0 Å². The van der Waals surface area contributed by atoms with E-state index in [0.717, 1.165) is 23.8 Å². The number of hydrogen-bond donors (Lipinski definition) is 1. The molecule has 2 rings (SSSR count). The molecule has 1 aliphatic rings. The van der Waals surface area contributed by atoms with Crippen LogP contribution in [0.5, 0.6) is 0 Å². The van der Waals surface area contributed by atoms with Crippen LogP contribution in [0.1, 0.15) is 30.9 Å². The topological polar surface area (TPSA) is 86.5 Å². The Bertz CT molecular complexity index is 653. The zero-order valence-electron chi connectivity index (χ0n) is 13.2. The van der Waals surface area contributed by atoms with Gasteiger partial charge < -0.3 is 10.5 Å². The molecule has 1 fully saturated rings. The van der Waals surface area contributed by atoms with E-state index in [0.29, 0.717) is 0 Å². The zero-order valence-corrected chi connectivity index (χ0v) is 14.0. The number of hydrogen-bond acceptors (Lipinski definition) is 5. The Morgan fingerprint density at radius 1 is 1.27 bits per heavy atom. The van der Waals surface area contributed by atoms with Gasteiger partial charge in [0.15, 0.2) is 9.84 Å². The van der Waals surface area contributed by atoms with E-state index in [1.54, 1.807) is 6.92 Å². The van der Waals surface area contributed by atoms with Gasteiger partial charge in [0.05, 0.1) is 11.9 Å². The molecule has 0 amide bonds. The van der Waals surface area contributed by atoms with E-state index in [4.69, 9.17) is 10.5 Å². The average Bonchev–Trinajstić information content (AvgIpc) is 3.18. The molecule has 1 aromatic rings. The van der Waals surface area contributed by atoms with Crippen LogP contribution in [0.3, 0.4) is 0 Å². The number of benzene rings is 1. The lowest BCUT2D eigenvalue weighted by molar-refractivity contribution is -0.149. The summed E-state index contributed by atoms with van der Waals surface area (Å²) in [5.41, 5.74) is 6.64. The summed E-state index contributed by atoms with van der Waals surface area (Å²) in [5.74, 6) is -0.949. The summed E-state index contributed by atoms with van der Waals surface area (Å²) < 4.78 is 29.3. The molecule has 22 heavy (non-hydrogen) atoms. The minimum Gasteiger partial charge on any atom is -0.465 e. The van der Waals surface area contributed by atoms with Crippen LogP contribution in [-0.4, -0.2) is 39.0 Å². The highest BCUT2D eigenvalue weighted by Crippen LogP contribution is 2.62. The summed E-state index contributed by atoms with van der Waals surface area (Å²) in [6, 6.07) is 7.69. The Hall–Kier alpha value is -1.40. The van der Waals surface area contributed by atoms with E-state index < -0.39 is 32.4 Å². The van der Waals surface area contributed by atoms with Crippen molar-refractivity contribution in [3.63, 3.8) is 0 Å². The number of carbonyl (C=O) groups is 1. The quantitative estimate of drug-likeness (QED) is 0.796. The van der Waals surface area contributed by atoms with Gasteiger partial charge in [0.2, 0.25) is 0 Å². The molecule has 5 nitrogen and oxygen atoms in total. The highest BCUT2D eigenvalue weighted by atomic mass is 32.2. The van der Waals surface area contributed by atoms with Crippen LogP contribution in [0.2, 0.25) is 0 Å². The van der Waals surface area contributed by atoms with Gasteiger partial charge in [-0.2, -0.15) is 0 Å². The summed E-state index contributed by atoms with van der Waals surface area (Å²) >= 11 is 0. The minimum absolute atomic E-state index is 0.0379. The molecule has 3 atom stereocenters. The molecule has 3 unspecified atom stereocenters. The maximum atomic E-state index is 12.4. The van der Waals surface area contributed by atoms with E-state index in [9.17, 15) is 13.2 Å². The predicted molar refractivity (Wildman–Crippen MR) is 85.3 cm³/mol. The number of ether oxygens (including phenoxy) is 1. The Morgan fingerprint density at radius 3 is 2.27 bits per heavy atom. The van der Waals surface area contributed by atoms with Gasteiger partial charge >= 0.3 is 5.97 Å².